The lowest BCUT2D eigenvalue weighted by molar-refractivity contribution is 0.842. The second kappa shape index (κ2) is 12.7. The van der Waals surface area contributed by atoms with Crippen LogP contribution < -0.4 is 9.13 Å². The number of hydrogen-bond donors (Lipinski definition) is 0. The highest BCUT2D eigenvalue weighted by Gasteiger charge is 2.49. The molecule has 0 saturated heterocycles. The predicted octanol–water partition coefficient (Wildman–Crippen LogP) is 11.9. The summed E-state index contributed by atoms with van der Waals surface area (Å²) in [5, 5.41) is 0. The van der Waals surface area contributed by atoms with Gasteiger partial charge in [-0.25, -0.2) is 4.98 Å². The van der Waals surface area contributed by atoms with Crippen LogP contribution in [0, 0.1) is 5.92 Å². The van der Waals surface area contributed by atoms with Crippen LogP contribution in [-0.2, 0) is 0 Å². The molecule has 238 valence electrons. The van der Waals surface area contributed by atoms with E-state index >= 15 is 0 Å². The fraction of sp³-hybridized carbons (Fsp3) is 0.0889. The lowest BCUT2D eigenvalue weighted by Gasteiger charge is -2.40. The number of rotatable bonds is 6. The summed E-state index contributed by atoms with van der Waals surface area (Å²) in [4.78, 5) is 5.36. The molecule has 5 aromatic carbocycles. The van der Waals surface area contributed by atoms with Crippen LogP contribution in [0.3, 0.4) is 0 Å². The van der Waals surface area contributed by atoms with Gasteiger partial charge in [0.15, 0.2) is 0 Å². The minimum Gasteiger partial charge on any atom is -0.352 e. The van der Waals surface area contributed by atoms with Gasteiger partial charge in [-0.05, 0) is 76.8 Å². The van der Waals surface area contributed by atoms with Gasteiger partial charge < -0.3 is 9.13 Å². The molecule has 0 bridgehead atoms. The minimum atomic E-state index is -2.50. The van der Waals surface area contributed by atoms with E-state index < -0.39 is 8.40 Å². The molecule has 1 unspecified atom stereocenters. The lowest BCUT2D eigenvalue weighted by atomic mass is 9.92. The Bertz CT molecular complexity index is 2200. The topological polar surface area (TPSA) is 19.4 Å². The molecule has 1 atom stereocenters. The van der Waals surface area contributed by atoms with Crippen molar-refractivity contribution in [3.63, 3.8) is 0 Å². The van der Waals surface area contributed by atoms with Crippen LogP contribution in [-0.4, -0.2) is 13.4 Å². The first-order chi connectivity index (χ1) is 24.0. The third-order valence-electron chi connectivity index (χ3n) is 9.70. The molecular weight excluding hydrogens is 611 g/mol. The number of anilines is 3. The molecule has 8 rings (SSSR count). The number of aromatic nitrogens is 1. The number of pyridine rings is 1. The van der Waals surface area contributed by atoms with E-state index in [0.717, 1.165) is 17.1 Å². The fourth-order valence-electron chi connectivity index (χ4n) is 7.43. The van der Waals surface area contributed by atoms with Gasteiger partial charge in [0.1, 0.15) is 5.82 Å². The molecule has 2 heterocycles. The predicted molar refractivity (Wildman–Crippen MR) is 210 cm³/mol. The zero-order valence-electron chi connectivity index (χ0n) is 28.2. The van der Waals surface area contributed by atoms with Crippen molar-refractivity contribution in [3.8, 4) is 33.5 Å². The second-order valence-electron chi connectivity index (χ2n) is 13.3. The van der Waals surface area contributed by atoms with Crippen molar-refractivity contribution < 1.29 is 0 Å². The normalized spacial score (nSPS) is 16.5. The average Bonchev–Trinajstić information content (AvgIpc) is 3.23. The van der Waals surface area contributed by atoms with Crippen LogP contribution in [0.15, 0.2) is 182 Å². The Kier molecular flexibility index (Phi) is 7.94. The molecule has 0 N–H and O–H groups in total. The zero-order valence-corrected chi connectivity index (χ0v) is 29.2. The monoisotopic (exact) mass is 649 g/mol. The van der Waals surface area contributed by atoms with E-state index in [2.05, 4.69) is 205 Å². The molecule has 0 fully saturated rings. The summed E-state index contributed by atoms with van der Waals surface area (Å²) in [6, 6.07) is 54.1. The maximum Gasteiger partial charge on any atom is 0.268 e. The Morgan fingerprint density at radius 3 is 1.63 bits per heavy atom. The smallest absolute Gasteiger partial charge is 0.268 e. The van der Waals surface area contributed by atoms with Gasteiger partial charge in [0.2, 0.25) is 0 Å². The van der Waals surface area contributed by atoms with E-state index in [-0.39, 0.29) is 5.92 Å². The van der Waals surface area contributed by atoms with Gasteiger partial charge >= 0.3 is 0 Å². The van der Waals surface area contributed by atoms with Crippen molar-refractivity contribution >= 4 is 31.2 Å². The molecule has 49 heavy (non-hydrogen) atoms. The standard InChI is InChI=1S/C45H39N3Si/c1-33-30-38(34-18-8-4-9-19-34)26-16-28-42(33)47-43-31-39(35-20-10-5-11-21-35)40(36-22-12-6-13-23-36)32-44(43)48(49(47,2)3)45-29-17-27-41(46-45)37-24-14-7-15-25-37/h4-33H,1-3H3. The van der Waals surface area contributed by atoms with E-state index in [1.54, 1.807) is 0 Å². The molecule has 1 aromatic heterocycles. The first kappa shape index (κ1) is 30.6. The highest BCUT2D eigenvalue weighted by molar-refractivity contribution is 6.88. The summed E-state index contributed by atoms with van der Waals surface area (Å²) in [5.41, 5.74) is 13.2. The number of nitrogens with zero attached hydrogens (tertiary/aromatic N) is 3. The number of fused-ring (bicyclic) bond motifs is 1. The first-order valence-electron chi connectivity index (χ1n) is 17.1. The van der Waals surface area contributed by atoms with E-state index in [1.807, 2.05) is 0 Å². The Hall–Kier alpha value is -5.71. The van der Waals surface area contributed by atoms with Crippen LogP contribution in [0.1, 0.15) is 12.5 Å². The van der Waals surface area contributed by atoms with Crippen LogP contribution in [0.25, 0.3) is 39.1 Å². The van der Waals surface area contributed by atoms with E-state index in [0.29, 0.717) is 0 Å². The van der Waals surface area contributed by atoms with Crippen molar-refractivity contribution in [2.45, 2.75) is 20.0 Å². The van der Waals surface area contributed by atoms with Crippen molar-refractivity contribution in [1.29, 1.82) is 0 Å². The average molecular weight is 650 g/mol. The van der Waals surface area contributed by atoms with Crippen molar-refractivity contribution in [3.05, 3.63) is 187 Å². The van der Waals surface area contributed by atoms with E-state index in [1.165, 1.54) is 50.5 Å². The largest absolute Gasteiger partial charge is 0.352 e. The molecule has 0 spiro atoms. The Balaban J connectivity index is 1.35. The van der Waals surface area contributed by atoms with Crippen molar-refractivity contribution in [2.24, 2.45) is 5.92 Å². The summed E-state index contributed by atoms with van der Waals surface area (Å²) >= 11 is 0. The van der Waals surface area contributed by atoms with Crippen LogP contribution in [0.2, 0.25) is 13.1 Å². The SMILES string of the molecule is CC1C=C(c2ccccc2)C=CC=C1N1c2cc(-c3ccccc3)c(-c3ccccc3)cc2N(c2cccc(-c3ccccc3)n2)[Si]1(C)C. The highest BCUT2D eigenvalue weighted by Crippen LogP contribution is 2.53. The molecule has 4 heteroatoms. The molecule has 0 radical (unpaired) electrons. The maximum atomic E-state index is 5.36. The molecule has 6 aromatic rings. The Labute approximate surface area is 291 Å². The zero-order chi connectivity index (χ0) is 33.4. The Morgan fingerprint density at radius 1 is 0.551 bits per heavy atom. The van der Waals surface area contributed by atoms with Crippen molar-refractivity contribution in [2.75, 3.05) is 9.13 Å². The van der Waals surface area contributed by atoms with Gasteiger partial charge in [0.25, 0.3) is 8.40 Å². The molecule has 3 nitrogen and oxygen atoms in total. The first-order valence-corrected chi connectivity index (χ1v) is 20.0. The summed E-state index contributed by atoms with van der Waals surface area (Å²) in [7, 11) is -2.50. The molecule has 1 aliphatic heterocycles. The quantitative estimate of drug-likeness (QED) is 0.167. The summed E-state index contributed by atoms with van der Waals surface area (Å²) in [6.45, 7) is 7.25. The molecule has 1 aliphatic carbocycles. The second-order valence-corrected chi connectivity index (χ2v) is 17.1. The minimum absolute atomic E-state index is 0.183. The van der Waals surface area contributed by atoms with Crippen LogP contribution >= 0.6 is 0 Å². The number of benzene rings is 5. The third-order valence-corrected chi connectivity index (χ3v) is 12.9. The van der Waals surface area contributed by atoms with Gasteiger partial charge in [-0.1, -0.05) is 153 Å². The fourth-order valence-corrected chi connectivity index (χ4v) is 10.8. The van der Waals surface area contributed by atoms with Gasteiger partial charge in [-0.2, -0.15) is 0 Å². The molecule has 2 aliphatic rings. The maximum absolute atomic E-state index is 5.36. The van der Waals surface area contributed by atoms with Crippen molar-refractivity contribution in [1.82, 2.24) is 4.98 Å². The summed E-state index contributed by atoms with van der Waals surface area (Å²) in [5.74, 6) is 1.16. The Morgan fingerprint density at radius 2 is 1.06 bits per heavy atom. The third kappa shape index (κ3) is 5.64. The van der Waals surface area contributed by atoms with Crippen LogP contribution in [0.5, 0.6) is 0 Å². The summed E-state index contributed by atoms with van der Waals surface area (Å²) in [6.07, 6.45) is 9.23. The van der Waals surface area contributed by atoms with E-state index in [9.17, 15) is 0 Å². The molecule has 0 saturated carbocycles. The van der Waals surface area contributed by atoms with Gasteiger partial charge in [-0.15, -0.1) is 0 Å². The highest BCUT2D eigenvalue weighted by atomic mass is 28.3. The van der Waals surface area contributed by atoms with E-state index in [4.69, 9.17) is 4.98 Å². The lowest BCUT2D eigenvalue weighted by Crippen LogP contribution is -2.56. The van der Waals surface area contributed by atoms with Gasteiger partial charge in [0.05, 0.1) is 17.1 Å². The number of allylic oxidation sites excluding steroid dienone is 5. The summed E-state index contributed by atoms with van der Waals surface area (Å²) < 4.78 is 5.25. The van der Waals surface area contributed by atoms with Crippen LogP contribution in [0.4, 0.5) is 17.2 Å². The van der Waals surface area contributed by atoms with Gasteiger partial charge in [0, 0.05) is 17.2 Å². The number of hydrogen-bond acceptors (Lipinski definition) is 3. The molecule has 0 amide bonds. The van der Waals surface area contributed by atoms with Gasteiger partial charge in [-0.3, -0.25) is 0 Å². The molecular formula is C45H39N3Si.